The Morgan fingerprint density at radius 3 is 1.39 bits per heavy atom. The summed E-state index contributed by atoms with van der Waals surface area (Å²) < 4.78 is 38.7. The first kappa shape index (κ1) is 55.4. The van der Waals surface area contributed by atoms with Crippen LogP contribution < -0.4 is 4.90 Å². The Balaban J connectivity index is 1.33. The minimum absolute atomic E-state index is 0.0990. The van der Waals surface area contributed by atoms with E-state index in [1.807, 2.05) is 6.07 Å². The molecule has 0 spiro atoms. The molecule has 0 aromatic heterocycles. The van der Waals surface area contributed by atoms with E-state index in [4.69, 9.17) is 0 Å². The molecule has 4 aromatic rings. The molecule has 0 radical (unpaired) electrons. The number of unbranched alkanes of at least 4 members (excludes halogenated alkanes) is 20. The SMILES string of the molecule is CCCCCCCCCCCCc1ccc(N(CCCC)c2ccc(C(=C3C=CC(=[N+](CCCC)c4ccc(CCCCCCCCCCCC)cc4)C=C3)c3ccccc3S(=O)(=O)O)cc2)cc1. The molecule has 0 unspecified atom stereocenters. The van der Waals surface area contributed by atoms with Crippen LogP contribution in [0.4, 0.5) is 17.1 Å². The Bertz CT molecular complexity index is 2280. The van der Waals surface area contributed by atoms with Gasteiger partial charge in [0, 0.05) is 54.2 Å². The van der Waals surface area contributed by atoms with Gasteiger partial charge in [0.05, 0.1) is 0 Å². The topological polar surface area (TPSA) is 60.6 Å². The lowest BCUT2D eigenvalue weighted by atomic mass is 9.90. The zero-order valence-electron chi connectivity index (χ0n) is 43.4. The molecule has 1 N–H and O–H groups in total. The molecule has 69 heavy (non-hydrogen) atoms. The summed E-state index contributed by atoms with van der Waals surface area (Å²) in [4.78, 5) is 2.30. The van der Waals surface area contributed by atoms with E-state index in [0.29, 0.717) is 5.56 Å². The predicted molar refractivity (Wildman–Crippen MR) is 298 cm³/mol. The van der Waals surface area contributed by atoms with Gasteiger partial charge >= 0.3 is 0 Å². The number of rotatable bonds is 34. The number of nitrogens with zero attached hydrogens (tertiary/aromatic N) is 2. The smallest absolute Gasteiger partial charge is 0.295 e. The van der Waals surface area contributed by atoms with Crippen LogP contribution in [0, 0.1) is 0 Å². The molecule has 0 saturated heterocycles. The standard InChI is InChI=1S/C63H88N2O3S/c1-5-9-13-15-17-19-21-23-25-27-31-53-35-43-57(44-36-53)64(51-11-7-3)59-47-39-55(40-48-59)63(61-33-29-30-34-62(61)69(66,67)68)56-41-49-60(50-42-56)65(52-12-8-4)58-45-37-54(38-46-58)32-28-26-24-22-20-18-16-14-10-6-2/h29-30,33-50H,5-28,31-32,51-52H2,1-4H3/p+1. The van der Waals surface area contributed by atoms with Crippen molar-refractivity contribution in [2.75, 3.05) is 18.0 Å². The molecule has 0 saturated carbocycles. The fourth-order valence-corrected chi connectivity index (χ4v) is 10.5. The number of hydrogen-bond acceptors (Lipinski definition) is 3. The van der Waals surface area contributed by atoms with Gasteiger partial charge in [0.1, 0.15) is 11.4 Å². The summed E-state index contributed by atoms with van der Waals surface area (Å²) in [5.74, 6) is 0. The van der Waals surface area contributed by atoms with Crippen LogP contribution in [0.2, 0.25) is 0 Å². The quantitative estimate of drug-likeness (QED) is 0.0288. The van der Waals surface area contributed by atoms with Crippen molar-refractivity contribution in [2.45, 2.75) is 200 Å². The maximum absolute atomic E-state index is 12.9. The third-order valence-electron chi connectivity index (χ3n) is 14.0. The molecule has 0 amide bonds. The summed E-state index contributed by atoms with van der Waals surface area (Å²) in [6.07, 6.45) is 42.0. The summed E-state index contributed by atoms with van der Waals surface area (Å²) >= 11 is 0. The first-order chi connectivity index (χ1) is 33.8. The van der Waals surface area contributed by atoms with Gasteiger partial charge in [-0.1, -0.05) is 211 Å². The van der Waals surface area contributed by atoms with Gasteiger partial charge in [-0.25, -0.2) is 0 Å². The van der Waals surface area contributed by atoms with Crippen molar-refractivity contribution >= 4 is 38.5 Å². The molecular weight excluding hydrogens is 865 g/mol. The van der Waals surface area contributed by atoms with Crippen LogP contribution in [-0.4, -0.2) is 36.3 Å². The molecule has 0 fully saturated rings. The maximum Gasteiger partial charge on any atom is 0.295 e. The Morgan fingerprint density at radius 1 is 0.478 bits per heavy atom. The zero-order chi connectivity index (χ0) is 48.9. The maximum atomic E-state index is 12.9. The van der Waals surface area contributed by atoms with Crippen molar-refractivity contribution in [3.05, 3.63) is 149 Å². The van der Waals surface area contributed by atoms with Gasteiger partial charge in [0.25, 0.3) is 10.1 Å². The fourth-order valence-electron chi connectivity index (χ4n) is 9.76. The van der Waals surface area contributed by atoms with E-state index >= 15 is 0 Å². The zero-order valence-corrected chi connectivity index (χ0v) is 44.2. The lowest BCUT2D eigenvalue weighted by molar-refractivity contribution is -0.439. The number of hydrogen-bond donors (Lipinski definition) is 1. The minimum Gasteiger partial charge on any atom is -0.341 e. The highest BCUT2D eigenvalue weighted by Gasteiger charge is 2.23. The first-order valence-corrected chi connectivity index (χ1v) is 29.1. The highest BCUT2D eigenvalue weighted by atomic mass is 32.2. The molecule has 6 heteroatoms. The van der Waals surface area contributed by atoms with E-state index in [2.05, 4.69) is 134 Å². The van der Waals surface area contributed by atoms with Crippen LogP contribution in [-0.2, 0) is 23.0 Å². The minimum atomic E-state index is -4.51. The van der Waals surface area contributed by atoms with Crippen molar-refractivity contribution in [3.63, 3.8) is 0 Å². The highest BCUT2D eigenvalue weighted by Crippen LogP contribution is 2.36. The molecule has 0 atom stereocenters. The van der Waals surface area contributed by atoms with Crippen molar-refractivity contribution in [3.8, 4) is 0 Å². The number of benzene rings is 4. The van der Waals surface area contributed by atoms with E-state index in [9.17, 15) is 13.0 Å². The van der Waals surface area contributed by atoms with E-state index in [1.165, 1.54) is 157 Å². The van der Waals surface area contributed by atoms with Gasteiger partial charge in [-0.3, -0.25) is 4.55 Å². The Labute approximate surface area is 420 Å². The largest absolute Gasteiger partial charge is 0.341 e. The van der Waals surface area contributed by atoms with Crippen LogP contribution in [0.1, 0.15) is 204 Å². The third-order valence-corrected chi connectivity index (χ3v) is 14.9. The van der Waals surface area contributed by atoms with Crippen LogP contribution in [0.3, 0.4) is 0 Å². The normalized spacial score (nSPS) is 12.5. The van der Waals surface area contributed by atoms with E-state index in [1.54, 1.807) is 12.1 Å². The molecule has 1 aliphatic carbocycles. The number of aryl methyl sites for hydroxylation is 2. The second kappa shape index (κ2) is 31.7. The Morgan fingerprint density at radius 2 is 0.913 bits per heavy atom. The second-order valence-electron chi connectivity index (χ2n) is 19.6. The predicted octanol–water partition coefficient (Wildman–Crippen LogP) is 18.3. The molecular formula is C63H89N2O3S+. The lowest BCUT2D eigenvalue weighted by Crippen LogP contribution is -2.18. The summed E-state index contributed by atoms with van der Waals surface area (Å²) in [7, 11) is -4.51. The van der Waals surface area contributed by atoms with E-state index in [0.717, 1.165) is 79.7 Å². The molecule has 374 valence electrons. The van der Waals surface area contributed by atoms with Gasteiger partial charge in [-0.15, -0.1) is 0 Å². The molecule has 0 heterocycles. The summed E-state index contributed by atoms with van der Waals surface area (Å²) in [5.41, 5.74) is 10.3. The lowest BCUT2D eigenvalue weighted by Gasteiger charge is -2.26. The second-order valence-corrected chi connectivity index (χ2v) is 21.0. The molecule has 5 rings (SSSR count). The van der Waals surface area contributed by atoms with Crippen molar-refractivity contribution in [1.29, 1.82) is 0 Å². The van der Waals surface area contributed by atoms with E-state index in [-0.39, 0.29) is 4.90 Å². The monoisotopic (exact) mass is 954 g/mol. The molecule has 5 nitrogen and oxygen atoms in total. The molecule has 4 aromatic carbocycles. The third kappa shape index (κ3) is 19.0. The average Bonchev–Trinajstić information content (AvgIpc) is 3.37. The summed E-state index contributed by atoms with van der Waals surface area (Å²) in [6.45, 7) is 10.8. The van der Waals surface area contributed by atoms with E-state index < -0.39 is 10.1 Å². The fraction of sp³-hybridized carbons (Fsp3) is 0.508. The van der Waals surface area contributed by atoms with Crippen LogP contribution in [0.15, 0.2) is 132 Å². The first-order valence-electron chi connectivity index (χ1n) is 27.6. The number of anilines is 2. The van der Waals surface area contributed by atoms with Crippen LogP contribution in [0.5, 0.6) is 0 Å². The van der Waals surface area contributed by atoms with Gasteiger partial charge in [0.2, 0.25) is 11.4 Å². The van der Waals surface area contributed by atoms with Gasteiger partial charge in [-0.05, 0) is 102 Å². The van der Waals surface area contributed by atoms with Crippen LogP contribution >= 0.6 is 0 Å². The van der Waals surface area contributed by atoms with Crippen molar-refractivity contribution in [2.24, 2.45) is 0 Å². The number of allylic oxidation sites excluding steroid dienone is 5. The highest BCUT2D eigenvalue weighted by molar-refractivity contribution is 7.86. The molecule has 0 aliphatic heterocycles. The van der Waals surface area contributed by atoms with Gasteiger partial charge in [-0.2, -0.15) is 13.0 Å². The van der Waals surface area contributed by atoms with Gasteiger partial charge < -0.3 is 4.90 Å². The summed E-state index contributed by atoms with van der Waals surface area (Å²) in [6, 6.07) is 33.6. The van der Waals surface area contributed by atoms with Gasteiger partial charge in [0.15, 0.2) is 0 Å². The van der Waals surface area contributed by atoms with Crippen LogP contribution in [0.25, 0.3) is 5.57 Å². The molecule has 1 aliphatic rings. The Kier molecular flexibility index (Phi) is 25.4. The molecule has 0 bridgehead atoms. The average molecular weight is 954 g/mol. The van der Waals surface area contributed by atoms with Crippen molar-refractivity contribution < 1.29 is 17.5 Å². The van der Waals surface area contributed by atoms with Crippen molar-refractivity contribution in [1.82, 2.24) is 0 Å². The summed E-state index contributed by atoms with van der Waals surface area (Å²) in [5, 5.41) is 0. The Hall–Kier alpha value is -4.52.